The number of nitrogens with one attached hydrogen (secondary N) is 1. The van der Waals surface area contributed by atoms with E-state index in [4.69, 9.17) is 10.2 Å². The molecule has 0 aromatic rings. The summed E-state index contributed by atoms with van der Waals surface area (Å²) in [5, 5.41) is 17.3. The van der Waals surface area contributed by atoms with E-state index < -0.39 is 23.8 Å². The van der Waals surface area contributed by atoms with E-state index in [2.05, 4.69) is 0 Å². The smallest absolute Gasteiger partial charge is 0.309 e. The van der Waals surface area contributed by atoms with Gasteiger partial charge in [-0.15, -0.1) is 0 Å². The summed E-state index contributed by atoms with van der Waals surface area (Å²) in [4.78, 5) is 45.6. The van der Waals surface area contributed by atoms with E-state index in [9.17, 15) is 19.2 Å². The number of carboxylic acid groups (broad SMARTS) is 2. The average Bonchev–Trinajstić information content (AvgIpc) is 2.68. The predicted molar refractivity (Wildman–Crippen MR) is 65.9 cm³/mol. The Morgan fingerprint density at radius 1 is 0.950 bits per heavy atom. The van der Waals surface area contributed by atoms with Gasteiger partial charge in [-0.05, 0) is 0 Å². The molecule has 3 N–H and O–H groups in total. The third kappa shape index (κ3) is 5.19. The summed E-state index contributed by atoms with van der Waals surface area (Å²) in [6, 6.07) is 0. The molecule has 0 atom stereocenters. The number of carbonyl (C=O) groups excluding carboxylic acids is 2. The monoisotopic (exact) mass is 285 g/mol. The molecule has 1 aliphatic rings. The third-order valence-electron chi connectivity index (χ3n) is 2.97. The second kappa shape index (κ2) is 7.39. The molecule has 2 amide bonds. The standard InChI is InChI=1S/C12H16N2O6/c15-9-1-2-10(16)14(9)8-7-13(5-3-11(17)18)6-4-12(19)20/h1-2H,3-8H2,(H,17,18)(H,19,20)/p+1. The van der Waals surface area contributed by atoms with Crippen LogP contribution in [-0.2, 0) is 19.2 Å². The van der Waals surface area contributed by atoms with Gasteiger partial charge in [0.2, 0.25) is 0 Å². The molecule has 0 bridgehead atoms. The summed E-state index contributed by atoms with van der Waals surface area (Å²) in [5.74, 6) is -2.72. The summed E-state index contributed by atoms with van der Waals surface area (Å²) in [7, 11) is 0. The molecular weight excluding hydrogens is 268 g/mol. The van der Waals surface area contributed by atoms with Gasteiger partial charge in [-0.25, -0.2) is 0 Å². The molecule has 110 valence electrons. The molecule has 0 radical (unpaired) electrons. The summed E-state index contributed by atoms with van der Waals surface area (Å²) in [5.41, 5.74) is 0. The Bertz CT molecular complexity index is 409. The number of rotatable bonds is 9. The summed E-state index contributed by atoms with van der Waals surface area (Å²) in [6.07, 6.45) is 2.18. The Kier molecular flexibility index (Phi) is 5.85. The van der Waals surface area contributed by atoms with Gasteiger partial charge in [0.05, 0.1) is 39.0 Å². The lowest BCUT2D eigenvalue weighted by atomic mass is 10.3. The van der Waals surface area contributed by atoms with Crippen molar-refractivity contribution in [1.82, 2.24) is 4.90 Å². The van der Waals surface area contributed by atoms with Crippen molar-refractivity contribution in [3.05, 3.63) is 12.2 Å². The van der Waals surface area contributed by atoms with E-state index in [1.54, 1.807) is 0 Å². The second-order valence-electron chi connectivity index (χ2n) is 4.45. The zero-order valence-electron chi connectivity index (χ0n) is 10.9. The van der Waals surface area contributed by atoms with Crippen molar-refractivity contribution in [2.75, 3.05) is 26.2 Å². The largest absolute Gasteiger partial charge is 0.481 e. The molecule has 20 heavy (non-hydrogen) atoms. The van der Waals surface area contributed by atoms with Crippen molar-refractivity contribution in [2.45, 2.75) is 12.8 Å². The van der Waals surface area contributed by atoms with Crippen LogP contribution in [0.4, 0.5) is 0 Å². The van der Waals surface area contributed by atoms with Crippen molar-refractivity contribution < 1.29 is 34.3 Å². The highest BCUT2D eigenvalue weighted by Crippen LogP contribution is 2.01. The van der Waals surface area contributed by atoms with E-state index in [0.29, 0.717) is 6.54 Å². The first-order valence-corrected chi connectivity index (χ1v) is 6.21. The van der Waals surface area contributed by atoms with Crippen LogP contribution in [0.25, 0.3) is 0 Å². The van der Waals surface area contributed by atoms with Gasteiger partial charge in [0.1, 0.15) is 0 Å². The van der Waals surface area contributed by atoms with Gasteiger partial charge in [-0.2, -0.15) is 0 Å². The number of nitrogens with zero attached hydrogens (tertiary/aromatic N) is 1. The Hall–Kier alpha value is -2.22. The Morgan fingerprint density at radius 2 is 1.40 bits per heavy atom. The average molecular weight is 285 g/mol. The minimum Gasteiger partial charge on any atom is -0.481 e. The maximum atomic E-state index is 11.4. The molecule has 0 fully saturated rings. The van der Waals surface area contributed by atoms with Crippen LogP contribution in [0.2, 0.25) is 0 Å². The van der Waals surface area contributed by atoms with Crippen LogP contribution in [-0.4, -0.2) is 65.0 Å². The van der Waals surface area contributed by atoms with Crippen LogP contribution in [0.5, 0.6) is 0 Å². The molecule has 8 heteroatoms. The van der Waals surface area contributed by atoms with E-state index in [1.807, 2.05) is 0 Å². The Balaban J connectivity index is 2.46. The molecule has 0 saturated heterocycles. The normalized spacial score (nSPS) is 14.3. The molecular formula is C12H17N2O6+. The maximum Gasteiger partial charge on any atom is 0.309 e. The number of carbonyl (C=O) groups is 4. The lowest BCUT2D eigenvalue weighted by molar-refractivity contribution is -0.898. The fourth-order valence-corrected chi connectivity index (χ4v) is 1.86. The lowest BCUT2D eigenvalue weighted by Crippen LogP contribution is -3.13. The number of amides is 2. The second-order valence-corrected chi connectivity index (χ2v) is 4.45. The minimum absolute atomic E-state index is 0.0882. The van der Waals surface area contributed by atoms with E-state index in [0.717, 1.165) is 9.80 Å². The molecule has 8 nitrogen and oxygen atoms in total. The molecule has 0 aromatic carbocycles. The minimum atomic E-state index is -0.965. The number of imide groups is 1. The quantitative estimate of drug-likeness (QED) is 0.412. The number of hydrogen-bond acceptors (Lipinski definition) is 4. The molecule has 0 aliphatic carbocycles. The van der Waals surface area contributed by atoms with Crippen LogP contribution in [0, 0.1) is 0 Å². The number of quaternary nitrogens is 1. The van der Waals surface area contributed by atoms with Gasteiger partial charge >= 0.3 is 11.9 Å². The van der Waals surface area contributed by atoms with Gasteiger partial charge in [0.15, 0.2) is 0 Å². The van der Waals surface area contributed by atoms with Crippen molar-refractivity contribution in [3.8, 4) is 0 Å². The van der Waals surface area contributed by atoms with E-state index >= 15 is 0 Å². The van der Waals surface area contributed by atoms with Crippen LogP contribution in [0.1, 0.15) is 12.8 Å². The molecule has 1 heterocycles. The van der Waals surface area contributed by atoms with Gasteiger partial charge in [-0.3, -0.25) is 24.1 Å². The van der Waals surface area contributed by atoms with Gasteiger partial charge in [-0.1, -0.05) is 0 Å². The molecule has 0 saturated carbocycles. The number of hydrogen-bond donors (Lipinski definition) is 3. The first-order chi connectivity index (χ1) is 9.40. The van der Waals surface area contributed by atoms with Crippen molar-refractivity contribution >= 4 is 23.8 Å². The van der Waals surface area contributed by atoms with Crippen LogP contribution in [0.3, 0.4) is 0 Å². The highest BCUT2D eigenvalue weighted by Gasteiger charge is 2.24. The highest BCUT2D eigenvalue weighted by atomic mass is 16.4. The number of aliphatic carboxylic acids is 2. The Morgan fingerprint density at radius 3 is 1.80 bits per heavy atom. The molecule has 1 rings (SSSR count). The first-order valence-electron chi connectivity index (χ1n) is 6.21. The summed E-state index contributed by atoms with van der Waals surface area (Å²) < 4.78 is 0. The van der Waals surface area contributed by atoms with Crippen molar-refractivity contribution in [2.24, 2.45) is 0 Å². The zero-order chi connectivity index (χ0) is 15.1. The summed E-state index contributed by atoms with van der Waals surface area (Å²) in [6.45, 7) is 0.998. The van der Waals surface area contributed by atoms with Gasteiger partial charge in [0.25, 0.3) is 11.8 Å². The predicted octanol–water partition coefficient (Wildman–Crippen LogP) is -2.25. The number of carboxylic acids is 2. The van der Waals surface area contributed by atoms with Crippen LogP contribution < -0.4 is 4.90 Å². The van der Waals surface area contributed by atoms with Crippen molar-refractivity contribution in [3.63, 3.8) is 0 Å². The van der Waals surface area contributed by atoms with Crippen LogP contribution >= 0.6 is 0 Å². The van der Waals surface area contributed by atoms with E-state index in [1.165, 1.54) is 12.2 Å². The fraction of sp³-hybridized carbons (Fsp3) is 0.500. The highest BCUT2D eigenvalue weighted by molar-refractivity contribution is 6.12. The molecule has 0 aromatic heterocycles. The van der Waals surface area contributed by atoms with Gasteiger partial charge in [0, 0.05) is 12.2 Å². The molecule has 1 aliphatic heterocycles. The lowest BCUT2D eigenvalue weighted by Gasteiger charge is -2.21. The maximum absolute atomic E-state index is 11.4. The first kappa shape index (κ1) is 15.8. The van der Waals surface area contributed by atoms with Crippen LogP contribution in [0.15, 0.2) is 12.2 Å². The Labute approximate surface area is 115 Å². The van der Waals surface area contributed by atoms with Gasteiger partial charge < -0.3 is 15.1 Å². The zero-order valence-corrected chi connectivity index (χ0v) is 10.9. The topological polar surface area (TPSA) is 116 Å². The fourth-order valence-electron chi connectivity index (χ4n) is 1.86. The van der Waals surface area contributed by atoms with Crippen molar-refractivity contribution in [1.29, 1.82) is 0 Å². The molecule has 0 spiro atoms. The summed E-state index contributed by atoms with van der Waals surface area (Å²) >= 11 is 0. The SMILES string of the molecule is O=C(O)CC[NH+](CCC(=O)O)CCN1C(=O)C=CC1=O. The third-order valence-corrected chi connectivity index (χ3v) is 2.97. The molecule has 0 unspecified atom stereocenters. The van der Waals surface area contributed by atoms with E-state index in [-0.39, 0.29) is 32.5 Å².